The minimum absolute atomic E-state index is 0.0337. The molecule has 1 amide bonds. The van der Waals surface area contributed by atoms with E-state index in [2.05, 4.69) is 41.2 Å². The van der Waals surface area contributed by atoms with Crippen molar-refractivity contribution in [2.75, 3.05) is 19.6 Å². The van der Waals surface area contributed by atoms with Crippen molar-refractivity contribution in [1.82, 2.24) is 15.0 Å². The highest BCUT2D eigenvalue weighted by Gasteiger charge is 2.33. The molecule has 1 aliphatic heterocycles. The molecule has 1 aliphatic rings. The van der Waals surface area contributed by atoms with E-state index in [1.807, 2.05) is 17.9 Å². The molecule has 2 atom stereocenters. The minimum Gasteiger partial charge on any atom is -0.361 e. The summed E-state index contributed by atoms with van der Waals surface area (Å²) in [4.78, 5) is 17.1. The van der Waals surface area contributed by atoms with E-state index in [0.29, 0.717) is 24.0 Å². The molecule has 24 heavy (non-hydrogen) atoms. The van der Waals surface area contributed by atoms with Gasteiger partial charge in [-0.05, 0) is 32.8 Å². The molecular formula is C19H25N3O2. The fourth-order valence-electron chi connectivity index (χ4n) is 3.50. The number of nitrogens with zero attached hydrogens (tertiary/aromatic N) is 3. The van der Waals surface area contributed by atoms with Crippen molar-refractivity contribution < 1.29 is 9.32 Å². The van der Waals surface area contributed by atoms with Gasteiger partial charge in [0.2, 0.25) is 0 Å². The van der Waals surface area contributed by atoms with E-state index in [1.165, 1.54) is 5.56 Å². The van der Waals surface area contributed by atoms with Crippen LogP contribution in [0.5, 0.6) is 0 Å². The van der Waals surface area contributed by atoms with Gasteiger partial charge >= 0.3 is 0 Å². The Bertz CT molecular complexity index is 683. The summed E-state index contributed by atoms with van der Waals surface area (Å²) in [6.07, 6.45) is 0.994. The second kappa shape index (κ2) is 7.18. The van der Waals surface area contributed by atoms with Gasteiger partial charge in [-0.2, -0.15) is 0 Å². The molecule has 0 spiro atoms. The number of aromatic nitrogens is 1. The van der Waals surface area contributed by atoms with Gasteiger partial charge in [0, 0.05) is 37.8 Å². The molecular weight excluding hydrogens is 302 g/mol. The molecule has 1 aromatic carbocycles. The molecule has 3 rings (SSSR count). The van der Waals surface area contributed by atoms with Crippen LogP contribution in [0.2, 0.25) is 0 Å². The molecule has 2 heterocycles. The molecule has 1 saturated heterocycles. The van der Waals surface area contributed by atoms with E-state index in [4.69, 9.17) is 4.52 Å². The van der Waals surface area contributed by atoms with Crippen LogP contribution < -0.4 is 0 Å². The fourth-order valence-corrected chi connectivity index (χ4v) is 3.50. The summed E-state index contributed by atoms with van der Waals surface area (Å²) >= 11 is 0. The monoisotopic (exact) mass is 327 g/mol. The van der Waals surface area contributed by atoms with E-state index in [1.54, 1.807) is 13.0 Å². The van der Waals surface area contributed by atoms with Gasteiger partial charge in [0.05, 0.1) is 0 Å². The molecule has 0 aliphatic carbocycles. The Labute approximate surface area is 143 Å². The van der Waals surface area contributed by atoms with Crippen molar-refractivity contribution in [1.29, 1.82) is 0 Å². The highest BCUT2D eigenvalue weighted by molar-refractivity contribution is 5.92. The quantitative estimate of drug-likeness (QED) is 0.845. The SMILES string of the molecule is CCN(C(=O)c1cc(C)on1)[C@@H]1CCN([C@H](C)c2ccccc2)C1. The number of likely N-dealkylation sites (N-methyl/N-ethyl adjacent to an activating group) is 1. The predicted molar refractivity (Wildman–Crippen MR) is 92.8 cm³/mol. The molecule has 0 unspecified atom stereocenters. The first-order valence-electron chi connectivity index (χ1n) is 8.63. The number of likely N-dealkylation sites (tertiary alicyclic amines) is 1. The van der Waals surface area contributed by atoms with Crippen molar-refractivity contribution in [3.8, 4) is 0 Å². The van der Waals surface area contributed by atoms with Crippen molar-refractivity contribution in [3.05, 3.63) is 53.4 Å². The van der Waals surface area contributed by atoms with Crippen molar-refractivity contribution in [2.45, 2.75) is 39.3 Å². The Morgan fingerprint density at radius 2 is 2.17 bits per heavy atom. The van der Waals surface area contributed by atoms with E-state index >= 15 is 0 Å². The summed E-state index contributed by atoms with van der Waals surface area (Å²) in [6, 6.07) is 12.8. The van der Waals surface area contributed by atoms with Crippen molar-refractivity contribution in [2.24, 2.45) is 0 Å². The zero-order valence-electron chi connectivity index (χ0n) is 14.6. The van der Waals surface area contributed by atoms with Gasteiger partial charge in [-0.3, -0.25) is 9.69 Å². The first-order valence-corrected chi connectivity index (χ1v) is 8.63. The van der Waals surface area contributed by atoms with Crippen LogP contribution in [0.1, 0.15) is 48.1 Å². The summed E-state index contributed by atoms with van der Waals surface area (Å²) in [5.74, 6) is 0.633. The molecule has 0 N–H and O–H groups in total. The predicted octanol–water partition coefficient (Wildman–Crippen LogP) is 3.28. The molecule has 5 nitrogen and oxygen atoms in total. The standard InChI is InChI=1S/C19H25N3O2/c1-4-22(19(23)18-12-14(2)24-20-18)17-10-11-21(13-17)15(3)16-8-6-5-7-9-16/h5-9,12,15,17H,4,10-11,13H2,1-3H3/t15-,17-/m1/s1. The second-order valence-corrected chi connectivity index (χ2v) is 6.44. The van der Waals surface area contributed by atoms with Crippen LogP contribution in [0.4, 0.5) is 0 Å². The van der Waals surface area contributed by atoms with Gasteiger partial charge in [0.1, 0.15) is 5.76 Å². The average molecular weight is 327 g/mol. The van der Waals surface area contributed by atoms with Gasteiger partial charge in [-0.1, -0.05) is 35.5 Å². The topological polar surface area (TPSA) is 49.6 Å². The molecule has 1 fully saturated rings. The molecule has 0 saturated carbocycles. The zero-order chi connectivity index (χ0) is 17.1. The van der Waals surface area contributed by atoms with Crippen molar-refractivity contribution >= 4 is 5.91 Å². The number of carbonyl (C=O) groups excluding carboxylic acids is 1. The van der Waals surface area contributed by atoms with E-state index in [9.17, 15) is 4.79 Å². The Balaban J connectivity index is 1.68. The van der Waals surface area contributed by atoms with Crippen LogP contribution in [0.3, 0.4) is 0 Å². The number of aryl methyl sites for hydroxylation is 1. The molecule has 5 heteroatoms. The summed E-state index contributed by atoms with van der Waals surface area (Å²) < 4.78 is 5.05. The van der Waals surface area contributed by atoms with Gasteiger partial charge < -0.3 is 9.42 Å². The lowest BCUT2D eigenvalue weighted by molar-refractivity contribution is 0.0678. The van der Waals surface area contributed by atoms with Gasteiger partial charge in [-0.25, -0.2) is 0 Å². The van der Waals surface area contributed by atoms with Gasteiger partial charge in [0.15, 0.2) is 5.69 Å². The van der Waals surface area contributed by atoms with E-state index in [0.717, 1.165) is 19.5 Å². The number of hydrogen-bond acceptors (Lipinski definition) is 4. The first kappa shape index (κ1) is 16.7. The molecule has 128 valence electrons. The molecule has 0 bridgehead atoms. The lowest BCUT2D eigenvalue weighted by Gasteiger charge is -2.29. The maximum absolute atomic E-state index is 12.7. The summed E-state index contributed by atoms with van der Waals surface area (Å²) in [6.45, 7) is 8.64. The van der Waals surface area contributed by atoms with Gasteiger partial charge in [0.25, 0.3) is 5.91 Å². The number of amides is 1. The van der Waals surface area contributed by atoms with Gasteiger partial charge in [-0.15, -0.1) is 0 Å². The third-order valence-electron chi connectivity index (χ3n) is 4.91. The minimum atomic E-state index is -0.0337. The first-order chi connectivity index (χ1) is 11.6. The van der Waals surface area contributed by atoms with Crippen LogP contribution in [-0.2, 0) is 0 Å². The second-order valence-electron chi connectivity index (χ2n) is 6.44. The third kappa shape index (κ3) is 3.36. The number of benzene rings is 1. The Morgan fingerprint density at radius 3 is 2.79 bits per heavy atom. The van der Waals surface area contributed by atoms with Crippen LogP contribution in [0, 0.1) is 6.92 Å². The summed E-state index contributed by atoms with van der Waals surface area (Å²) in [7, 11) is 0. The highest BCUT2D eigenvalue weighted by Crippen LogP contribution is 2.27. The van der Waals surface area contributed by atoms with Crippen LogP contribution in [-0.4, -0.2) is 46.5 Å². The van der Waals surface area contributed by atoms with E-state index in [-0.39, 0.29) is 11.9 Å². The highest BCUT2D eigenvalue weighted by atomic mass is 16.5. The van der Waals surface area contributed by atoms with Crippen LogP contribution >= 0.6 is 0 Å². The Morgan fingerprint density at radius 1 is 1.42 bits per heavy atom. The molecule has 1 aromatic heterocycles. The lowest BCUT2D eigenvalue weighted by Crippen LogP contribution is -2.42. The normalized spacial score (nSPS) is 19.4. The summed E-state index contributed by atoms with van der Waals surface area (Å²) in [5, 5.41) is 3.88. The number of hydrogen-bond donors (Lipinski definition) is 0. The Hall–Kier alpha value is -2.14. The number of carbonyl (C=O) groups is 1. The van der Waals surface area contributed by atoms with Crippen LogP contribution in [0.25, 0.3) is 0 Å². The fraction of sp³-hybridized carbons (Fsp3) is 0.474. The van der Waals surface area contributed by atoms with E-state index < -0.39 is 0 Å². The number of rotatable bonds is 5. The Kier molecular flexibility index (Phi) is 5.00. The van der Waals surface area contributed by atoms with Crippen molar-refractivity contribution in [3.63, 3.8) is 0 Å². The molecule has 0 radical (unpaired) electrons. The average Bonchev–Trinajstić information content (AvgIpc) is 3.25. The largest absolute Gasteiger partial charge is 0.361 e. The maximum atomic E-state index is 12.7. The smallest absolute Gasteiger partial charge is 0.276 e. The third-order valence-corrected chi connectivity index (χ3v) is 4.91. The maximum Gasteiger partial charge on any atom is 0.276 e. The zero-order valence-corrected chi connectivity index (χ0v) is 14.6. The van der Waals surface area contributed by atoms with Crippen LogP contribution in [0.15, 0.2) is 40.9 Å². The lowest BCUT2D eigenvalue weighted by atomic mass is 10.1. The molecule has 2 aromatic rings. The summed E-state index contributed by atoms with van der Waals surface area (Å²) in [5.41, 5.74) is 1.73.